The number of hydrogen-bond donors (Lipinski definition) is 2. The van der Waals surface area contributed by atoms with Crippen LogP contribution in [0.2, 0.25) is 0 Å². The number of carbonyl (C=O) groups excluding carboxylic acids is 1. The zero-order chi connectivity index (χ0) is 15.1. The van der Waals surface area contributed by atoms with Gasteiger partial charge in [-0.3, -0.25) is 4.79 Å². The molecule has 0 radical (unpaired) electrons. The summed E-state index contributed by atoms with van der Waals surface area (Å²) >= 11 is 1.47. The fourth-order valence-electron chi connectivity index (χ4n) is 1.63. The van der Waals surface area contributed by atoms with E-state index in [1.807, 2.05) is 33.1 Å². The second kappa shape index (κ2) is 7.94. The molecule has 0 aliphatic heterocycles. The summed E-state index contributed by atoms with van der Waals surface area (Å²) < 4.78 is 0. The zero-order valence-corrected chi connectivity index (χ0v) is 13.5. The van der Waals surface area contributed by atoms with Gasteiger partial charge >= 0.3 is 0 Å². The fraction of sp³-hybridized carbons (Fsp3) is 0.615. The summed E-state index contributed by atoms with van der Waals surface area (Å²) in [4.78, 5) is 22.4. The lowest BCUT2D eigenvalue weighted by atomic mass is 10.3. The molecule has 1 atom stereocenters. The van der Waals surface area contributed by atoms with Crippen LogP contribution in [0.1, 0.15) is 20.8 Å². The highest BCUT2D eigenvalue weighted by Crippen LogP contribution is 2.18. The summed E-state index contributed by atoms with van der Waals surface area (Å²) in [5.74, 6) is 1.46. The van der Waals surface area contributed by atoms with Gasteiger partial charge in [0.1, 0.15) is 17.7 Å². The molecule has 6 nitrogen and oxygen atoms in total. The van der Waals surface area contributed by atoms with Crippen molar-refractivity contribution in [1.29, 1.82) is 0 Å². The quantitative estimate of drug-likeness (QED) is 0.592. The number of likely N-dealkylation sites (N-methyl/N-ethyl adjacent to an activating group) is 1. The first kappa shape index (κ1) is 16.6. The number of hydrogen-bond acceptors (Lipinski definition) is 6. The van der Waals surface area contributed by atoms with Crippen molar-refractivity contribution < 1.29 is 4.79 Å². The van der Waals surface area contributed by atoms with Gasteiger partial charge in [-0.05, 0) is 27.0 Å². The number of carbonyl (C=O) groups is 1. The van der Waals surface area contributed by atoms with E-state index in [-0.39, 0.29) is 11.9 Å². The summed E-state index contributed by atoms with van der Waals surface area (Å²) in [6, 6.07) is 1.50. The van der Waals surface area contributed by atoms with Crippen LogP contribution < -0.4 is 10.6 Å². The average molecular weight is 297 g/mol. The lowest BCUT2D eigenvalue weighted by Crippen LogP contribution is -2.39. The van der Waals surface area contributed by atoms with E-state index < -0.39 is 0 Å². The number of rotatable bonds is 7. The summed E-state index contributed by atoms with van der Waals surface area (Å²) in [7, 11) is 1.79. The normalized spacial score (nSPS) is 11.8. The van der Waals surface area contributed by atoms with Gasteiger partial charge in [-0.1, -0.05) is 11.8 Å². The van der Waals surface area contributed by atoms with Gasteiger partial charge in [0.05, 0.1) is 0 Å². The first-order valence-corrected chi connectivity index (χ1v) is 7.92. The molecule has 1 heterocycles. The predicted octanol–water partition coefficient (Wildman–Crippen LogP) is 1.91. The number of thioether (sulfide) groups is 1. The lowest BCUT2D eigenvalue weighted by molar-refractivity contribution is -0.130. The van der Waals surface area contributed by atoms with E-state index in [4.69, 9.17) is 0 Å². The minimum atomic E-state index is -0.320. The van der Waals surface area contributed by atoms with Crippen LogP contribution >= 0.6 is 11.8 Å². The van der Waals surface area contributed by atoms with Crippen LogP contribution in [0.3, 0.4) is 0 Å². The number of nitrogens with zero attached hydrogens (tertiary/aromatic N) is 3. The monoisotopic (exact) mass is 297 g/mol. The van der Waals surface area contributed by atoms with E-state index in [9.17, 15) is 4.79 Å². The molecular weight excluding hydrogens is 274 g/mol. The topological polar surface area (TPSA) is 70.2 Å². The van der Waals surface area contributed by atoms with Gasteiger partial charge < -0.3 is 15.5 Å². The molecule has 0 spiro atoms. The standard InChI is InChI=1S/C13H23N5OS/c1-6-14-10-8-11(17-13(16-10)20-5)15-9(3)12(19)18(4)7-2/h8-9H,6-7H2,1-5H3,(H2,14,15,16,17). The molecule has 0 aliphatic rings. The second-order valence-electron chi connectivity index (χ2n) is 4.37. The minimum absolute atomic E-state index is 0.0433. The maximum atomic E-state index is 12.0. The van der Waals surface area contributed by atoms with Gasteiger partial charge in [-0.2, -0.15) is 0 Å². The van der Waals surface area contributed by atoms with Crippen LogP contribution in [-0.4, -0.2) is 53.2 Å². The zero-order valence-electron chi connectivity index (χ0n) is 12.7. The number of anilines is 2. The van der Waals surface area contributed by atoms with Crippen molar-refractivity contribution in [2.24, 2.45) is 0 Å². The molecule has 1 unspecified atom stereocenters. The van der Waals surface area contributed by atoms with Crippen molar-refractivity contribution in [2.45, 2.75) is 32.0 Å². The molecule has 0 aromatic carbocycles. The second-order valence-corrected chi connectivity index (χ2v) is 5.15. The Bertz CT molecular complexity index is 454. The third-order valence-corrected chi connectivity index (χ3v) is 3.38. The Balaban J connectivity index is 2.85. The summed E-state index contributed by atoms with van der Waals surface area (Å²) in [6.07, 6.45) is 1.92. The summed E-state index contributed by atoms with van der Waals surface area (Å²) in [5.41, 5.74) is 0. The SMILES string of the molecule is CCNc1cc(NC(C)C(=O)N(C)CC)nc(SC)n1. The minimum Gasteiger partial charge on any atom is -0.370 e. The van der Waals surface area contributed by atoms with Crippen molar-refractivity contribution >= 4 is 29.3 Å². The molecule has 0 saturated carbocycles. The van der Waals surface area contributed by atoms with E-state index in [2.05, 4.69) is 20.6 Å². The van der Waals surface area contributed by atoms with Gasteiger partial charge in [-0.15, -0.1) is 0 Å². The lowest BCUT2D eigenvalue weighted by Gasteiger charge is -2.21. The molecule has 20 heavy (non-hydrogen) atoms. The molecule has 1 amide bonds. The number of aromatic nitrogens is 2. The van der Waals surface area contributed by atoms with Crippen LogP contribution in [0, 0.1) is 0 Å². The van der Waals surface area contributed by atoms with Gasteiger partial charge in [0, 0.05) is 26.2 Å². The Kier molecular flexibility index (Phi) is 6.57. The van der Waals surface area contributed by atoms with Crippen LogP contribution in [-0.2, 0) is 4.79 Å². The highest BCUT2D eigenvalue weighted by molar-refractivity contribution is 7.98. The molecular formula is C13H23N5OS. The van der Waals surface area contributed by atoms with E-state index in [1.54, 1.807) is 11.9 Å². The van der Waals surface area contributed by atoms with Crippen molar-refractivity contribution in [2.75, 3.05) is 37.0 Å². The van der Waals surface area contributed by atoms with Crippen LogP contribution in [0.15, 0.2) is 11.2 Å². The van der Waals surface area contributed by atoms with E-state index in [0.717, 1.165) is 12.4 Å². The van der Waals surface area contributed by atoms with Gasteiger partial charge in [0.25, 0.3) is 0 Å². The Morgan fingerprint density at radius 2 is 2.05 bits per heavy atom. The molecule has 1 rings (SSSR count). The molecule has 1 aromatic rings. The van der Waals surface area contributed by atoms with E-state index in [0.29, 0.717) is 17.5 Å². The molecule has 1 aromatic heterocycles. The molecule has 112 valence electrons. The van der Waals surface area contributed by atoms with Crippen molar-refractivity contribution in [1.82, 2.24) is 14.9 Å². The van der Waals surface area contributed by atoms with Gasteiger partial charge in [0.2, 0.25) is 5.91 Å². The largest absolute Gasteiger partial charge is 0.370 e. The molecule has 0 bridgehead atoms. The maximum Gasteiger partial charge on any atom is 0.244 e. The summed E-state index contributed by atoms with van der Waals surface area (Å²) in [6.45, 7) is 7.27. The van der Waals surface area contributed by atoms with E-state index >= 15 is 0 Å². The summed E-state index contributed by atoms with van der Waals surface area (Å²) in [5, 5.41) is 6.97. The number of amides is 1. The van der Waals surface area contributed by atoms with E-state index in [1.165, 1.54) is 11.8 Å². The molecule has 7 heteroatoms. The molecule has 2 N–H and O–H groups in total. The first-order chi connectivity index (χ1) is 9.51. The highest BCUT2D eigenvalue weighted by atomic mass is 32.2. The maximum absolute atomic E-state index is 12.0. The van der Waals surface area contributed by atoms with Crippen LogP contribution in [0.4, 0.5) is 11.6 Å². The van der Waals surface area contributed by atoms with Crippen molar-refractivity contribution in [3.8, 4) is 0 Å². The Hall–Kier alpha value is -1.50. The smallest absolute Gasteiger partial charge is 0.244 e. The van der Waals surface area contributed by atoms with Gasteiger partial charge in [-0.25, -0.2) is 9.97 Å². The fourth-order valence-corrected chi connectivity index (χ4v) is 2.01. The Morgan fingerprint density at radius 1 is 1.40 bits per heavy atom. The van der Waals surface area contributed by atoms with Crippen molar-refractivity contribution in [3.05, 3.63) is 6.07 Å². The average Bonchev–Trinajstić information content (AvgIpc) is 2.45. The van der Waals surface area contributed by atoms with Crippen molar-refractivity contribution in [3.63, 3.8) is 0 Å². The third kappa shape index (κ3) is 4.56. The van der Waals surface area contributed by atoms with Crippen LogP contribution in [0.25, 0.3) is 0 Å². The first-order valence-electron chi connectivity index (χ1n) is 6.70. The predicted molar refractivity (Wildman–Crippen MR) is 84.4 cm³/mol. The Labute approximate surface area is 124 Å². The molecule has 0 saturated heterocycles. The van der Waals surface area contributed by atoms with Gasteiger partial charge in [0.15, 0.2) is 5.16 Å². The molecule has 0 aliphatic carbocycles. The highest BCUT2D eigenvalue weighted by Gasteiger charge is 2.17. The van der Waals surface area contributed by atoms with Crippen LogP contribution in [0.5, 0.6) is 0 Å². The third-order valence-electron chi connectivity index (χ3n) is 2.83. The molecule has 0 fully saturated rings. The number of nitrogens with one attached hydrogen (secondary N) is 2. The Morgan fingerprint density at radius 3 is 2.60 bits per heavy atom.